The van der Waals surface area contributed by atoms with Gasteiger partial charge in [-0.2, -0.15) is 0 Å². The summed E-state index contributed by atoms with van der Waals surface area (Å²) >= 11 is 0. The molecule has 0 bridgehead atoms. The second-order valence-corrected chi connectivity index (χ2v) is 6.93. The van der Waals surface area contributed by atoms with Gasteiger partial charge >= 0.3 is 5.63 Å². The molecule has 4 rings (SSSR count). The van der Waals surface area contributed by atoms with Crippen LogP contribution in [0.1, 0.15) is 16.7 Å². The van der Waals surface area contributed by atoms with Crippen LogP contribution in [0.4, 0.5) is 5.82 Å². The van der Waals surface area contributed by atoms with Gasteiger partial charge in [-0.3, -0.25) is 4.90 Å². The lowest BCUT2D eigenvalue weighted by Crippen LogP contribution is -2.46. The zero-order valence-corrected chi connectivity index (χ0v) is 15.2. The van der Waals surface area contributed by atoms with Crippen LogP contribution in [0.25, 0.3) is 11.0 Å². The zero-order chi connectivity index (χ0) is 18.1. The Balaban J connectivity index is 1.54. The first kappa shape index (κ1) is 16.8. The van der Waals surface area contributed by atoms with Crippen molar-refractivity contribution in [3.63, 3.8) is 0 Å². The number of rotatable bonds is 3. The van der Waals surface area contributed by atoms with E-state index >= 15 is 0 Å². The zero-order valence-electron chi connectivity index (χ0n) is 15.2. The average molecular weight is 349 g/mol. The van der Waals surface area contributed by atoms with Gasteiger partial charge in [0, 0.05) is 50.4 Å². The molecule has 0 saturated carbocycles. The summed E-state index contributed by atoms with van der Waals surface area (Å²) in [6.07, 6.45) is 1.83. The van der Waals surface area contributed by atoms with E-state index in [1.165, 1.54) is 0 Å². The maximum Gasteiger partial charge on any atom is 0.336 e. The number of hydrogen-bond donors (Lipinski definition) is 0. The van der Waals surface area contributed by atoms with Gasteiger partial charge in [0.1, 0.15) is 11.4 Å². The Labute approximate surface area is 152 Å². The summed E-state index contributed by atoms with van der Waals surface area (Å²) in [5.74, 6) is 1.03. The van der Waals surface area contributed by atoms with Crippen molar-refractivity contribution in [2.45, 2.75) is 20.4 Å². The summed E-state index contributed by atoms with van der Waals surface area (Å²) in [5, 5.41) is 1.04. The van der Waals surface area contributed by atoms with Gasteiger partial charge < -0.3 is 9.32 Å². The molecule has 5 nitrogen and oxygen atoms in total. The van der Waals surface area contributed by atoms with Crippen LogP contribution in [0, 0.1) is 13.8 Å². The molecule has 1 aliphatic rings. The number of nitrogens with zero attached hydrogens (tertiary/aromatic N) is 3. The van der Waals surface area contributed by atoms with Crippen molar-refractivity contribution in [3.05, 3.63) is 69.7 Å². The monoisotopic (exact) mass is 349 g/mol. The van der Waals surface area contributed by atoms with Gasteiger partial charge in [-0.05, 0) is 42.7 Å². The van der Waals surface area contributed by atoms with Crippen LogP contribution in [0.3, 0.4) is 0 Å². The smallest absolute Gasteiger partial charge is 0.336 e. The summed E-state index contributed by atoms with van der Waals surface area (Å²) in [5.41, 5.74) is 3.68. The molecule has 3 heterocycles. The molecule has 0 spiro atoms. The maximum absolute atomic E-state index is 12.0. The number of aromatic nitrogens is 1. The molecular formula is C21H23N3O2. The molecule has 0 atom stereocenters. The number of benzene rings is 1. The van der Waals surface area contributed by atoms with Gasteiger partial charge in [0.2, 0.25) is 0 Å². The van der Waals surface area contributed by atoms with Crippen LogP contribution in [0.5, 0.6) is 0 Å². The first-order chi connectivity index (χ1) is 12.6. The Kier molecular flexibility index (Phi) is 4.47. The Morgan fingerprint density at radius 3 is 2.62 bits per heavy atom. The average Bonchev–Trinajstić information content (AvgIpc) is 2.66. The minimum atomic E-state index is -0.270. The Bertz CT molecular complexity index is 974. The quantitative estimate of drug-likeness (QED) is 0.680. The SMILES string of the molecule is Cc1ccc2c(CN3CCN(c4ccccn4)CC3)cc(=O)oc2c1C. The van der Waals surface area contributed by atoms with Crippen molar-refractivity contribution in [2.75, 3.05) is 31.1 Å². The molecule has 0 N–H and O–H groups in total. The number of anilines is 1. The first-order valence-electron chi connectivity index (χ1n) is 9.03. The van der Waals surface area contributed by atoms with E-state index in [2.05, 4.69) is 33.0 Å². The van der Waals surface area contributed by atoms with E-state index in [0.29, 0.717) is 0 Å². The molecule has 0 aliphatic carbocycles. The lowest BCUT2D eigenvalue weighted by molar-refractivity contribution is 0.249. The third-order valence-electron chi connectivity index (χ3n) is 5.26. The van der Waals surface area contributed by atoms with Crippen LogP contribution in [-0.2, 0) is 6.54 Å². The lowest BCUT2D eigenvalue weighted by atomic mass is 10.0. The number of pyridine rings is 1. The number of piperazine rings is 1. The van der Waals surface area contributed by atoms with Crippen molar-refractivity contribution in [3.8, 4) is 0 Å². The minimum absolute atomic E-state index is 0.270. The molecule has 3 aromatic rings. The summed E-state index contributed by atoms with van der Waals surface area (Å²) in [7, 11) is 0. The molecule has 0 radical (unpaired) electrons. The second kappa shape index (κ2) is 6.92. The normalized spacial score (nSPS) is 15.5. The van der Waals surface area contributed by atoms with Crippen molar-refractivity contribution < 1.29 is 4.42 Å². The van der Waals surface area contributed by atoms with Crippen LogP contribution < -0.4 is 10.5 Å². The van der Waals surface area contributed by atoms with E-state index < -0.39 is 0 Å². The van der Waals surface area contributed by atoms with Gasteiger partial charge in [-0.1, -0.05) is 18.2 Å². The number of hydrogen-bond acceptors (Lipinski definition) is 5. The fraction of sp³-hybridized carbons (Fsp3) is 0.333. The molecule has 134 valence electrons. The van der Waals surface area contributed by atoms with Gasteiger partial charge in [-0.15, -0.1) is 0 Å². The predicted octanol–water partition coefficient (Wildman–Crippen LogP) is 3.13. The fourth-order valence-corrected chi connectivity index (χ4v) is 3.57. The third-order valence-corrected chi connectivity index (χ3v) is 5.26. The second-order valence-electron chi connectivity index (χ2n) is 6.93. The molecule has 1 aromatic carbocycles. The van der Waals surface area contributed by atoms with Crippen LogP contribution in [0.15, 0.2) is 51.8 Å². The minimum Gasteiger partial charge on any atom is -0.422 e. The topological polar surface area (TPSA) is 49.6 Å². The maximum atomic E-state index is 12.0. The van der Waals surface area contributed by atoms with Crippen LogP contribution in [0.2, 0.25) is 0 Å². The molecule has 1 saturated heterocycles. The van der Waals surface area contributed by atoms with Crippen molar-refractivity contribution >= 4 is 16.8 Å². The largest absolute Gasteiger partial charge is 0.422 e. The molecule has 26 heavy (non-hydrogen) atoms. The lowest BCUT2D eigenvalue weighted by Gasteiger charge is -2.35. The van der Waals surface area contributed by atoms with Crippen molar-refractivity contribution in [1.29, 1.82) is 0 Å². The van der Waals surface area contributed by atoms with Crippen molar-refractivity contribution in [2.24, 2.45) is 0 Å². The summed E-state index contributed by atoms with van der Waals surface area (Å²) < 4.78 is 5.49. The van der Waals surface area contributed by atoms with Crippen LogP contribution >= 0.6 is 0 Å². The van der Waals surface area contributed by atoms with Gasteiger partial charge in [0.25, 0.3) is 0 Å². The van der Waals surface area contributed by atoms with E-state index in [9.17, 15) is 4.79 Å². The molecule has 1 fully saturated rings. The van der Waals surface area contributed by atoms with Crippen LogP contribution in [-0.4, -0.2) is 36.1 Å². The summed E-state index contributed by atoms with van der Waals surface area (Å²) in [6, 6.07) is 11.8. The van der Waals surface area contributed by atoms with E-state index in [1.807, 2.05) is 32.2 Å². The predicted molar refractivity (Wildman–Crippen MR) is 104 cm³/mol. The highest BCUT2D eigenvalue weighted by Gasteiger charge is 2.19. The number of aryl methyl sites for hydroxylation is 2. The molecule has 5 heteroatoms. The standard InChI is InChI=1S/C21H23N3O2/c1-15-6-7-18-17(13-20(25)26-21(18)16(15)2)14-23-9-11-24(12-10-23)19-5-3-4-8-22-19/h3-8,13H,9-12,14H2,1-2H3. The fourth-order valence-electron chi connectivity index (χ4n) is 3.57. The summed E-state index contributed by atoms with van der Waals surface area (Å²) in [6.45, 7) is 8.59. The van der Waals surface area contributed by atoms with Gasteiger partial charge in [-0.25, -0.2) is 9.78 Å². The van der Waals surface area contributed by atoms with E-state index in [-0.39, 0.29) is 5.63 Å². The van der Waals surface area contributed by atoms with Gasteiger partial charge in [0.15, 0.2) is 0 Å². The highest BCUT2D eigenvalue weighted by atomic mass is 16.4. The Hall–Kier alpha value is -2.66. The van der Waals surface area contributed by atoms with Gasteiger partial charge in [0.05, 0.1) is 0 Å². The Morgan fingerprint density at radius 2 is 1.88 bits per heavy atom. The highest BCUT2D eigenvalue weighted by molar-refractivity contribution is 5.83. The summed E-state index contributed by atoms with van der Waals surface area (Å²) in [4.78, 5) is 21.2. The van der Waals surface area contributed by atoms with E-state index in [0.717, 1.165) is 66.2 Å². The molecule has 0 unspecified atom stereocenters. The van der Waals surface area contributed by atoms with E-state index in [1.54, 1.807) is 6.07 Å². The third kappa shape index (κ3) is 3.22. The molecule has 1 aliphatic heterocycles. The number of fused-ring (bicyclic) bond motifs is 1. The highest BCUT2D eigenvalue weighted by Crippen LogP contribution is 2.24. The molecule has 2 aromatic heterocycles. The van der Waals surface area contributed by atoms with E-state index in [4.69, 9.17) is 4.42 Å². The Morgan fingerprint density at radius 1 is 1.08 bits per heavy atom. The van der Waals surface area contributed by atoms with Crippen molar-refractivity contribution in [1.82, 2.24) is 9.88 Å². The molecular weight excluding hydrogens is 326 g/mol. The first-order valence-corrected chi connectivity index (χ1v) is 9.03. The molecule has 0 amide bonds.